The quantitative estimate of drug-likeness (QED) is 0.820. The molecule has 5 heteroatoms. The Hall–Kier alpha value is -2.04. The zero-order chi connectivity index (χ0) is 15.4. The molecule has 0 unspecified atom stereocenters. The Morgan fingerprint density at radius 2 is 2.10 bits per heavy atom. The van der Waals surface area contributed by atoms with Crippen molar-refractivity contribution in [1.82, 2.24) is 14.7 Å². The van der Waals surface area contributed by atoms with E-state index < -0.39 is 0 Å². The predicted octanol–water partition coefficient (Wildman–Crippen LogP) is 3.17. The van der Waals surface area contributed by atoms with Crippen LogP contribution in [0.3, 0.4) is 0 Å². The molecule has 0 aliphatic heterocycles. The van der Waals surface area contributed by atoms with Crippen molar-refractivity contribution in [3.05, 3.63) is 41.1 Å². The third kappa shape index (κ3) is 3.35. The normalized spacial score (nSPS) is 10.9. The maximum absolute atomic E-state index is 12.7. The Balaban J connectivity index is 2.16. The fraction of sp³-hybridized carbons (Fsp3) is 0.500. The van der Waals surface area contributed by atoms with Gasteiger partial charge in [0.2, 0.25) is 0 Å². The van der Waals surface area contributed by atoms with Crippen molar-refractivity contribution in [2.24, 2.45) is 0 Å². The Labute approximate surface area is 125 Å². The monoisotopic (exact) mass is 289 g/mol. The Kier molecular flexibility index (Phi) is 4.83. The van der Waals surface area contributed by atoms with Gasteiger partial charge in [-0.25, -0.2) is 0 Å². The minimum Gasteiger partial charge on any atom is -0.464 e. The summed E-state index contributed by atoms with van der Waals surface area (Å²) in [5, 5.41) is 4.30. The molecule has 1 amide bonds. The number of rotatable bonds is 6. The van der Waals surface area contributed by atoms with Gasteiger partial charge in [-0.3, -0.25) is 9.48 Å². The highest BCUT2D eigenvalue weighted by Crippen LogP contribution is 2.15. The lowest BCUT2D eigenvalue weighted by molar-refractivity contribution is 0.0740. The molecule has 0 fully saturated rings. The lowest BCUT2D eigenvalue weighted by atomic mass is 10.2. The van der Waals surface area contributed by atoms with E-state index in [-0.39, 0.29) is 5.91 Å². The second kappa shape index (κ2) is 6.61. The lowest BCUT2D eigenvalue weighted by Gasteiger charge is -2.19. The van der Waals surface area contributed by atoms with Crippen LogP contribution in [-0.2, 0) is 13.1 Å². The first-order valence-corrected chi connectivity index (χ1v) is 7.43. The van der Waals surface area contributed by atoms with Crippen molar-refractivity contribution < 1.29 is 9.21 Å². The van der Waals surface area contributed by atoms with Crippen LogP contribution >= 0.6 is 0 Å². The van der Waals surface area contributed by atoms with Crippen LogP contribution in [-0.4, -0.2) is 27.1 Å². The standard InChI is InChI=1S/C16H23N3O2/c1-5-9-19-13(4)15(10-17-19)16(20)18(6-2)11-14-8-7-12(3)21-14/h7-8,10H,5-6,9,11H2,1-4H3. The summed E-state index contributed by atoms with van der Waals surface area (Å²) in [6.45, 7) is 9.88. The molecular weight excluding hydrogens is 266 g/mol. The predicted molar refractivity (Wildman–Crippen MR) is 81.1 cm³/mol. The fourth-order valence-electron chi connectivity index (χ4n) is 2.35. The molecule has 5 nitrogen and oxygen atoms in total. The molecule has 0 aliphatic carbocycles. The Morgan fingerprint density at radius 1 is 1.33 bits per heavy atom. The second-order valence-electron chi connectivity index (χ2n) is 5.20. The van der Waals surface area contributed by atoms with Crippen molar-refractivity contribution in [3.8, 4) is 0 Å². The van der Waals surface area contributed by atoms with Crippen molar-refractivity contribution in [3.63, 3.8) is 0 Å². The molecule has 0 saturated heterocycles. The number of furan rings is 1. The third-order valence-electron chi connectivity index (χ3n) is 3.58. The van der Waals surface area contributed by atoms with E-state index >= 15 is 0 Å². The molecule has 0 atom stereocenters. The zero-order valence-corrected chi connectivity index (χ0v) is 13.2. The fourth-order valence-corrected chi connectivity index (χ4v) is 2.35. The first-order chi connectivity index (χ1) is 10.1. The molecule has 0 N–H and O–H groups in total. The SMILES string of the molecule is CCCn1ncc(C(=O)N(CC)Cc2ccc(C)o2)c1C. The average molecular weight is 289 g/mol. The van der Waals surface area contributed by atoms with E-state index in [0.717, 1.165) is 30.2 Å². The molecule has 0 saturated carbocycles. The van der Waals surface area contributed by atoms with Gasteiger partial charge in [0.05, 0.1) is 18.3 Å². The number of aromatic nitrogens is 2. The van der Waals surface area contributed by atoms with Gasteiger partial charge in [-0.2, -0.15) is 5.10 Å². The molecule has 2 aromatic heterocycles. The number of aryl methyl sites for hydroxylation is 2. The van der Waals surface area contributed by atoms with Crippen molar-refractivity contribution in [2.45, 2.75) is 47.2 Å². The summed E-state index contributed by atoms with van der Waals surface area (Å²) in [6.07, 6.45) is 2.67. The van der Waals surface area contributed by atoms with Crippen LogP contribution in [0.4, 0.5) is 0 Å². The van der Waals surface area contributed by atoms with E-state index in [0.29, 0.717) is 18.7 Å². The van der Waals surface area contributed by atoms with Gasteiger partial charge in [0, 0.05) is 18.8 Å². The van der Waals surface area contributed by atoms with Gasteiger partial charge in [-0.1, -0.05) is 6.92 Å². The maximum Gasteiger partial charge on any atom is 0.257 e. The molecular formula is C16H23N3O2. The number of hydrogen-bond acceptors (Lipinski definition) is 3. The Morgan fingerprint density at radius 3 is 2.67 bits per heavy atom. The van der Waals surface area contributed by atoms with Gasteiger partial charge in [0.15, 0.2) is 0 Å². The summed E-state index contributed by atoms with van der Waals surface area (Å²) >= 11 is 0. The summed E-state index contributed by atoms with van der Waals surface area (Å²) < 4.78 is 7.45. The van der Waals surface area contributed by atoms with Crippen LogP contribution in [0.15, 0.2) is 22.7 Å². The zero-order valence-electron chi connectivity index (χ0n) is 13.2. The third-order valence-corrected chi connectivity index (χ3v) is 3.58. The first kappa shape index (κ1) is 15.4. The van der Waals surface area contributed by atoms with E-state index in [1.165, 1.54) is 0 Å². The van der Waals surface area contributed by atoms with Gasteiger partial charge in [-0.05, 0) is 39.3 Å². The summed E-state index contributed by atoms with van der Waals surface area (Å²) in [4.78, 5) is 14.4. The van der Waals surface area contributed by atoms with Gasteiger partial charge in [0.1, 0.15) is 11.5 Å². The molecule has 2 heterocycles. The minimum atomic E-state index is 0.00593. The van der Waals surface area contributed by atoms with Crippen molar-refractivity contribution in [1.29, 1.82) is 0 Å². The molecule has 0 bridgehead atoms. The number of hydrogen-bond donors (Lipinski definition) is 0. The molecule has 2 aromatic rings. The van der Waals surface area contributed by atoms with Gasteiger partial charge >= 0.3 is 0 Å². The van der Waals surface area contributed by atoms with Crippen LogP contribution in [0, 0.1) is 13.8 Å². The molecule has 0 aromatic carbocycles. The van der Waals surface area contributed by atoms with Crippen LogP contribution in [0.2, 0.25) is 0 Å². The Bertz CT molecular complexity index is 613. The largest absolute Gasteiger partial charge is 0.464 e. The molecule has 114 valence electrons. The summed E-state index contributed by atoms with van der Waals surface area (Å²) in [6, 6.07) is 3.83. The van der Waals surface area contributed by atoms with Gasteiger partial charge in [0.25, 0.3) is 5.91 Å². The first-order valence-electron chi connectivity index (χ1n) is 7.43. The maximum atomic E-state index is 12.7. The van der Waals surface area contributed by atoms with Gasteiger partial charge < -0.3 is 9.32 Å². The highest BCUT2D eigenvalue weighted by molar-refractivity contribution is 5.95. The molecule has 0 radical (unpaired) electrons. The van der Waals surface area contributed by atoms with E-state index in [9.17, 15) is 4.79 Å². The number of carbonyl (C=O) groups excluding carboxylic acids is 1. The molecule has 0 aliphatic rings. The number of nitrogens with zero attached hydrogens (tertiary/aromatic N) is 3. The summed E-state index contributed by atoms with van der Waals surface area (Å²) in [5.74, 6) is 1.67. The molecule has 21 heavy (non-hydrogen) atoms. The second-order valence-corrected chi connectivity index (χ2v) is 5.20. The topological polar surface area (TPSA) is 51.3 Å². The van der Waals surface area contributed by atoms with Crippen LogP contribution < -0.4 is 0 Å². The van der Waals surface area contributed by atoms with Crippen LogP contribution in [0.1, 0.15) is 47.8 Å². The van der Waals surface area contributed by atoms with Crippen molar-refractivity contribution >= 4 is 5.91 Å². The summed E-state index contributed by atoms with van der Waals surface area (Å²) in [7, 11) is 0. The van der Waals surface area contributed by atoms with Gasteiger partial charge in [-0.15, -0.1) is 0 Å². The summed E-state index contributed by atoms with van der Waals surface area (Å²) in [5.41, 5.74) is 1.60. The van der Waals surface area contributed by atoms with Crippen LogP contribution in [0.5, 0.6) is 0 Å². The van der Waals surface area contributed by atoms with E-state index in [2.05, 4.69) is 12.0 Å². The van der Waals surface area contributed by atoms with Crippen molar-refractivity contribution in [2.75, 3.05) is 6.54 Å². The number of amides is 1. The lowest BCUT2D eigenvalue weighted by Crippen LogP contribution is -2.30. The van der Waals surface area contributed by atoms with Crippen LogP contribution in [0.25, 0.3) is 0 Å². The minimum absolute atomic E-state index is 0.00593. The number of carbonyl (C=O) groups is 1. The highest BCUT2D eigenvalue weighted by atomic mass is 16.3. The highest BCUT2D eigenvalue weighted by Gasteiger charge is 2.20. The molecule has 2 rings (SSSR count). The smallest absolute Gasteiger partial charge is 0.257 e. The van der Waals surface area contributed by atoms with E-state index in [1.54, 1.807) is 11.1 Å². The average Bonchev–Trinajstić information content (AvgIpc) is 3.03. The van der Waals surface area contributed by atoms with E-state index in [1.807, 2.05) is 37.6 Å². The van der Waals surface area contributed by atoms with E-state index in [4.69, 9.17) is 4.42 Å². The molecule has 0 spiro atoms.